The van der Waals surface area contributed by atoms with Gasteiger partial charge in [0.15, 0.2) is 5.76 Å². The first kappa shape index (κ1) is 32.6. The van der Waals surface area contributed by atoms with Gasteiger partial charge in [0.2, 0.25) is 11.6 Å². The van der Waals surface area contributed by atoms with E-state index in [9.17, 15) is 14.7 Å². The standard InChI is InChI=1S/C40H54ClNO4/c1-22(2)24-13-18-40(21-46-35-31(41)33(44)25-10-9-23(3)42-32(25)34(35)45)20-19-38(7)26(30(24)40)11-12-28-37(6)16-15-29(43)36(4,5)27(37)14-17-39(28,38)8/h9-10,24,26-30,43H,1,11-21H2,2-8H3/t24-,26+,27-,28+,29-,30+,37-,38+,39+,40+/m0/s1. The van der Waals surface area contributed by atoms with E-state index in [0.29, 0.717) is 41.9 Å². The number of aromatic nitrogens is 1. The average molecular weight is 648 g/mol. The number of rotatable bonds is 4. The molecule has 0 radical (unpaired) electrons. The molecule has 1 aromatic rings. The van der Waals surface area contributed by atoms with E-state index < -0.39 is 0 Å². The first-order valence-corrected chi connectivity index (χ1v) is 18.3. The lowest BCUT2D eigenvalue weighted by atomic mass is 9.32. The predicted octanol–water partition coefficient (Wildman–Crippen LogP) is 9.25. The Kier molecular flexibility index (Phi) is 7.44. The van der Waals surface area contributed by atoms with Crippen LogP contribution in [0, 0.1) is 63.6 Å². The molecule has 1 aromatic heterocycles. The van der Waals surface area contributed by atoms with Crippen LogP contribution in [0.4, 0.5) is 0 Å². The van der Waals surface area contributed by atoms with Crippen LogP contribution in [0.1, 0.15) is 132 Å². The number of ketones is 2. The molecule has 10 atom stereocenters. The van der Waals surface area contributed by atoms with E-state index in [-0.39, 0.29) is 66.8 Å². The largest absolute Gasteiger partial charge is 0.487 e. The van der Waals surface area contributed by atoms with E-state index in [2.05, 4.69) is 53.1 Å². The number of carbonyl (C=O) groups is 2. The summed E-state index contributed by atoms with van der Waals surface area (Å²) in [4.78, 5) is 31.2. The van der Waals surface area contributed by atoms with Crippen molar-refractivity contribution in [1.29, 1.82) is 0 Å². The maximum Gasteiger partial charge on any atom is 0.248 e. The van der Waals surface area contributed by atoms with E-state index >= 15 is 0 Å². The van der Waals surface area contributed by atoms with Gasteiger partial charge in [-0.1, -0.05) is 58.4 Å². The molecule has 0 saturated heterocycles. The van der Waals surface area contributed by atoms with Crippen LogP contribution in [0.15, 0.2) is 35.1 Å². The molecule has 7 rings (SSSR count). The van der Waals surface area contributed by atoms with Gasteiger partial charge in [0.05, 0.1) is 18.3 Å². The number of halogens is 1. The van der Waals surface area contributed by atoms with Crippen molar-refractivity contribution in [1.82, 2.24) is 4.98 Å². The lowest BCUT2D eigenvalue weighted by molar-refractivity contribution is -0.249. The number of hydrogen-bond acceptors (Lipinski definition) is 5. The molecule has 0 aliphatic heterocycles. The number of ether oxygens (including phenoxy) is 1. The number of pyridine rings is 1. The molecule has 5 saturated carbocycles. The molecule has 5 nitrogen and oxygen atoms in total. The van der Waals surface area contributed by atoms with Crippen LogP contribution in [-0.4, -0.2) is 34.4 Å². The number of aliphatic hydroxyl groups is 1. The number of allylic oxidation sites excluding steroid dienone is 3. The lowest BCUT2D eigenvalue weighted by Crippen LogP contribution is -2.66. The quantitative estimate of drug-likeness (QED) is 0.330. The van der Waals surface area contributed by atoms with Crippen LogP contribution in [0.2, 0.25) is 0 Å². The number of nitrogens with zero attached hydrogens (tertiary/aromatic N) is 1. The predicted molar refractivity (Wildman–Crippen MR) is 181 cm³/mol. The minimum Gasteiger partial charge on any atom is -0.487 e. The fraction of sp³-hybridized carbons (Fsp3) is 0.725. The summed E-state index contributed by atoms with van der Waals surface area (Å²) in [7, 11) is 0. The molecule has 5 fully saturated rings. The summed E-state index contributed by atoms with van der Waals surface area (Å²) in [5, 5.41) is 11.0. The van der Waals surface area contributed by atoms with Gasteiger partial charge >= 0.3 is 0 Å². The van der Waals surface area contributed by atoms with Crippen LogP contribution in [0.5, 0.6) is 0 Å². The van der Waals surface area contributed by atoms with Crippen LogP contribution >= 0.6 is 11.6 Å². The third-order valence-electron chi connectivity index (χ3n) is 15.8. The van der Waals surface area contributed by atoms with E-state index in [4.69, 9.17) is 16.3 Å². The number of hydrogen-bond donors (Lipinski definition) is 1. The Bertz CT molecular complexity index is 1550. The highest BCUT2D eigenvalue weighted by Gasteiger charge is 2.71. The van der Waals surface area contributed by atoms with Crippen molar-refractivity contribution in [2.75, 3.05) is 6.61 Å². The minimum absolute atomic E-state index is 0.0264. The van der Waals surface area contributed by atoms with Gasteiger partial charge in [-0.25, -0.2) is 4.98 Å². The molecule has 250 valence electrons. The highest BCUT2D eigenvalue weighted by molar-refractivity contribution is 6.49. The fourth-order valence-corrected chi connectivity index (χ4v) is 13.5. The van der Waals surface area contributed by atoms with E-state index in [0.717, 1.165) is 38.5 Å². The second kappa shape index (κ2) is 10.5. The van der Waals surface area contributed by atoms with Crippen molar-refractivity contribution in [2.45, 2.75) is 119 Å². The number of aliphatic hydroxyl groups excluding tert-OH is 1. The molecule has 0 spiro atoms. The molecule has 6 aliphatic rings. The molecule has 0 bridgehead atoms. The van der Waals surface area contributed by atoms with Gasteiger partial charge in [0.1, 0.15) is 10.7 Å². The topological polar surface area (TPSA) is 76.5 Å². The molecule has 6 aliphatic carbocycles. The molecule has 1 heterocycles. The van der Waals surface area contributed by atoms with Gasteiger partial charge in [-0.2, -0.15) is 0 Å². The Morgan fingerprint density at radius 2 is 1.67 bits per heavy atom. The van der Waals surface area contributed by atoms with Crippen LogP contribution in [0.3, 0.4) is 0 Å². The Hall–Kier alpha value is -1.98. The van der Waals surface area contributed by atoms with Gasteiger partial charge in [-0.15, -0.1) is 0 Å². The molecule has 0 aromatic carbocycles. The third kappa shape index (κ3) is 4.18. The lowest BCUT2D eigenvalue weighted by Gasteiger charge is -2.73. The Morgan fingerprint density at radius 3 is 2.39 bits per heavy atom. The third-order valence-corrected chi connectivity index (χ3v) is 16.2. The van der Waals surface area contributed by atoms with Crippen molar-refractivity contribution in [2.24, 2.45) is 56.7 Å². The number of fused-ring (bicyclic) bond motifs is 8. The fourth-order valence-electron chi connectivity index (χ4n) is 13.2. The molecular formula is C40H54ClNO4. The van der Waals surface area contributed by atoms with Crippen LogP contribution in [-0.2, 0) is 4.74 Å². The van der Waals surface area contributed by atoms with Gasteiger partial charge < -0.3 is 9.84 Å². The first-order valence-electron chi connectivity index (χ1n) is 17.9. The summed E-state index contributed by atoms with van der Waals surface area (Å²) in [5.41, 5.74) is 2.85. The zero-order valence-corrected chi connectivity index (χ0v) is 29.9. The average Bonchev–Trinajstić information content (AvgIpc) is 3.38. The summed E-state index contributed by atoms with van der Waals surface area (Å²) in [6, 6.07) is 3.38. The van der Waals surface area contributed by atoms with Crippen molar-refractivity contribution in [3.05, 3.63) is 52.0 Å². The van der Waals surface area contributed by atoms with Gasteiger partial charge in [-0.3, -0.25) is 9.59 Å². The van der Waals surface area contributed by atoms with E-state index in [1.165, 1.54) is 31.3 Å². The number of aryl methyl sites for hydroxylation is 1. The van der Waals surface area contributed by atoms with Crippen molar-refractivity contribution >= 4 is 23.2 Å². The van der Waals surface area contributed by atoms with E-state index in [1.54, 1.807) is 12.1 Å². The molecule has 1 N–H and O–H groups in total. The zero-order chi connectivity index (χ0) is 33.2. The molecule has 0 unspecified atom stereocenters. The summed E-state index contributed by atoms with van der Waals surface area (Å²) in [6.45, 7) is 21.4. The molecule has 6 heteroatoms. The number of carbonyl (C=O) groups excluding carboxylic acids is 2. The Balaban J connectivity index is 1.21. The Morgan fingerprint density at radius 1 is 0.935 bits per heavy atom. The maximum absolute atomic E-state index is 13.6. The molecular weight excluding hydrogens is 594 g/mol. The molecule has 0 amide bonds. The van der Waals surface area contributed by atoms with Crippen LogP contribution < -0.4 is 0 Å². The van der Waals surface area contributed by atoms with Crippen molar-refractivity contribution in [3.8, 4) is 0 Å². The van der Waals surface area contributed by atoms with Crippen molar-refractivity contribution < 1.29 is 19.4 Å². The summed E-state index contributed by atoms with van der Waals surface area (Å²) >= 11 is 6.59. The first-order chi connectivity index (χ1) is 21.5. The minimum atomic E-state index is -0.385. The summed E-state index contributed by atoms with van der Waals surface area (Å²) < 4.78 is 6.49. The summed E-state index contributed by atoms with van der Waals surface area (Å²) in [6.07, 6.45) is 11.0. The van der Waals surface area contributed by atoms with Gasteiger partial charge in [-0.05, 0) is 141 Å². The Labute approximate surface area is 281 Å². The zero-order valence-electron chi connectivity index (χ0n) is 29.1. The number of Topliss-reactive ketones (excluding diaryl/α,β-unsaturated/α-hetero) is 2. The van der Waals surface area contributed by atoms with Crippen molar-refractivity contribution in [3.63, 3.8) is 0 Å². The summed E-state index contributed by atoms with van der Waals surface area (Å²) in [5.74, 6) is 1.77. The van der Waals surface area contributed by atoms with Crippen LogP contribution in [0.25, 0.3) is 0 Å². The second-order valence-corrected chi connectivity index (χ2v) is 18.2. The molecule has 46 heavy (non-hydrogen) atoms. The normalized spacial score (nSPS) is 44.5. The highest BCUT2D eigenvalue weighted by Crippen LogP contribution is 2.77. The smallest absolute Gasteiger partial charge is 0.248 e. The SMILES string of the molecule is C=C(C)[C@@H]1CC[C@]2(COC3=C(Cl)C(=O)c4ccc(C)nc4C3=O)CC[C@]3(C)[C@H](CC[C@@H]4[C@@]5(C)CC[C@H](O)C(C)(C)[C@@H]5CC[C@]43C)[C@@H]12. The van der Waals surface area contributed by atoms with E-state index in [1.807, 2.05) is 6.92 Å². The van der Waals surface area contributed by atoms with Gasteiger partial charge in [0.25, 0.3) is 0 Å². The maximum atomic E-state index is 13.6. The second-order valence-electron chi connectivity index (χ2n) is 17.9. The highest BCUT2D eigenvalue weighted by atomic mass is 35.5. The van der Waals surface area contributed by atoms with Gasteiger partial charge in [0, 0.05) is 11.1 Å². The monoisotopic (exact) mass is 647 g/mol.